The van der Waals surface area contributed by atoms with E-state index in [1.54, 1.807) is 6.08 Å². The van der Waals surface area contributed by atoms with Crippen molar-refractivity contribution >= 4 is 64.4 Å². The average Bonchev–Trinajstić information content (AvgIpc) is 2.96. The molecule has 1 aromatic carbocycles. The maximum Gasteiger partial charge on any atom is 0.149 e. The Labute approximate surface area is 158 Å². The number of imidazole rings is 1. The molecular formula is C16H10Br3N3O. The highest BCUT2D eigenvalue weighted by Gasteiger charge is 2.26. The molecule has 0 fully saturated rings. The maximum absolute atomic E-state index is 10.2. The molecule has 0 bridgehead atoms. The number of nitrogens with zero attached hydrogens (tertiary/aromatic N) is 2. The van der Waals surface area contributed by atoms with Crippen LogP contribution in [0.15, 0.2) is 51.0 Å². The molecule has 116 valence electrons. The molecule has 2 aromatic rings. The fraction of sp³-hybridized carbons (Fsp3) is 0.125. The second kappa shape index (κ2) is 6.73. The molecule has 3 rings (SSSR count). The van der Waals surface area contributed by atoms with Crippen molar-refractivity contribution in [1.29, 1.82) is 5.26 Å². The predicted octanol–water partition coefficient (Wildman–Crippen LogP) is 4.54. The van der Waals surface area contributed by atoms with Gasteiger partial charge >= 0.3 is 0 Å². The number of allylic oxidation sites excluding steroid dienone is 4. The highest BCUT2D eigenvalue weighted by atomic mass is 79.9. The van der Waals surface area contributed by atoms with E-state index >= 15 is 0 Å². The number of nitriles is 1. The Hall–Kier alpha value is -1.20. The van der Waals surface area contributed by atoms with Crippen molar-refractivity contribution < 1.29 is 5.11 Å². The number of rotatable bonds is 2. The third-order valence-corrected chi connectivity index (χ3v) is 5.79. The Morgan fingerprint density at radius 1 is 1.35 bits per heavy atom. The quantitative estimate of drug-likeness (QED) is 0.471. The van der Waals surface area contributed by atoms with Crippen molar-refractivity contribution in [3.8, 4) is 6.07 Å². The van der Waals surface area contributed by atoms with Crippen LogP contribution in [0, 0.1) is 11.3 Å². The monoisotopic (exact) mass is 497 g/mol. The zero-order valence-electron chi connectivity index (χ0n) is 11.6. The van der Waals surface area contributed by atoms with E-state index in [9.17, 15) is 10.4 Å². The van der Waals surface area contributed by atoms with Gasteiger partial charge in [-0.1, -0.05) is 66.0 Å². The Balaban J connectivity index is 2.09. The van der Waals surface area contributed by atoms with Crippen molar-refractivity contribution in [2.24, 2.45) is 0 Å². The zero-order chi connectivity index (χ0) is 16.6. The average molecular weight is 500 g/mol. The predicted molar refractivity (Wildman–Crippen MR) is 101 cm³/mol. The lowest BCUT2D eigenvalue weighted by Crippen LogP contribution is -2.23. The van der Waals surface area contributed by atoms with Gasteiger partial charge in [0, 0.05) is 14.5 Å². The minimum Gasteiger partial charge on any atom is -0.386 e. The van der Waals surface area contributed by atoms with E-state index in [2.05, 4.69) is 63.8 Å². The van der Waals surface area contributed by atoms with Gasteiger partial charge in [-0.15, -0.1) is 0 Å². The molecule has 1 aliphatic rings. The number of aromatic nitrogens is 2. The number of hydrogen-bond donors (Lipinski definition) is 2. The second-order valence-corrected chi connectivity index (χ2v) is 7.70. The Morgan fingerprint density at radius 2 is 2.09 bits per heavy atom. The molecule has 23 heavy (non-hydrogen) atoms. The highest BCUT2D eigenvalue weighted by Crippen LogP contribution is 2.37. The number of halogens is 3. The lowest BCUT2D eigenvalue weighted by atomic mass is 10.0. The van der Waals surface area contributed by atoms with Crippen LogP contribution in [0.5, 0.6) is 0 Å². The van der Waals surface area contributed by atoms with Crippen molar-refractivity contribution in [1.82, 2.24) is 9.97 Å². The molecule has 1 aromatic heterocycles. The summed E-state index contributed by atoms with van der Waals surface area (Å²) in [5.74, 6) is 0.497. The molecule has 1 heterocycles. The summed E-state index contributed by atoms with van der Waals surface area (Å²) in [6.07, 6.45) is 2.83. The van der Waals surface area contributed by atoms with Gasteiger partial charge in [-0.3, -0.25) is 0 Å². The summed E-state index contributed by atoms with van der Waals surface area (Å²) in [7, 11) is 0. The van der Waals surface area contributed by atoms with E-state index in [4.69, 9.17) is 0 Å². The first-order valence-electron chi connectivity index (χ1n) is 6.67. The largest absolute Gasteiger partial charge is 0.386 e. The minimum atomic E-state index is -0.710. The summed E-state index contributed by atoms with van der Waals surface area (Å²) >= 11 is 10.3. The number of H-pyrrole nitrogens is 1. The normalized spacial score (nSPS) is 22.2. The van der Waals surface area contributed by atoms with E-state index in [0.717, 1.165) is 15.5 Å². The van der Waals surface area contributed by atoms with E-state index in [-0.39, 0.29) is 4.83 Å². The number of benzene rings is 1. The number of fused-ring (bicyclic) bond motifs is 1. The highest BCUT2D eigenvalue weighted by molar-refractivity contribution is 9.12. The first-order valence-corrected chi connectivity index (χ1v) is 9.18. The van der Waals surface area contributed by atoms with Gasteiger partial charge < -0.3 is 10.1 Å². The van der Waals surface area contributed by atoms with Gasteiger partial charge in [-0.25, -0.2) is 4.98 Å². The van der Waals surface area contributed by atoms with Crippen LogP contribution in [0.1, 0.15) is 5.82 Å². The second-order valence-electron chi connectivity index (χ2n) is 4.94. The molecule has 2 N–H and O–H groups in total. The van der Waals surface area contributed by atoms with Gasteiger partial charge in [-0.2, -0.15) is 5.26 Å². The van der Waals surface area contributed by atoms with Gasteiger partial charge in [0.2, 0.25) is 0 Å². The molecule has 0 saturated heterocycles. The lowest BCUT2D eigenvalue weighted by Gasteiger charge is -2.22. The number of alkyl halides is 1. The van der Waals surface area contributed by atoms with Gasteiger partial charge in [0.25, 0.3) is 0 Å². The molecule has 0 radical (unpaired) electrons. The molecule has 2 atom stereocenters. The summed E-state index contributed by atoms with van der Waals surface area (Å²) < 4.78 is 1.40. The summed E-state index contributed by atoms with van der Waals surface area (Å²) in [6.45, 7) is 0. The molecule has 0 unspecified atom stereocenters. The summed E-state index contributed by atoms with van der Waals surface area (Å²) in [5, 5.41) is 19.7. The fourth-order valence-corrected chi connectivity index (χ4v) is 4.98. The molecule has 0 spiro atoms. The summed E-state index contributed by atoms with van der Waals surface area (Å²) in [5.41, 5.74) is 2.77. The summed E-state index contributed by atoms with van der Waals surface area (Å²) in [6, 6.07) is 9.76. The molecule has 1 aliphatic carbocycles. The van der Waals surface area contributed by atoms with Crippen LogP contribution in [0.4, 0.5) is 0 Å². The number of para-hydroxylation sites is 2. The Kier molecular flexibility index (Phi) is 4.87. The number of nitrogens with one attached hydrogen (secondary N) is 1. The van der Waals surface area contributed by atoms with Gasteiger partial charge in [0.15, 0.2) is 0 Å². The third kappa shape index (κ3) is 3.22. The van der Waals surface area contributed by atoms with E-state index in [1.165, 1.54) is 0 Å². The SMILES string of the molecule is N#C/C(=C\C1=C(Br)[C@H](O)[C@@H](Br)C=C1Br)c1nc2ccccc2[nH]1. The van der Waals surface area contributed by atoms with Crippen LogP contribution in [0.25, 0.3) is 16.6 Å². The molecular weight excluding hydrogens is 490 g/mol. The molecule has 0 amide bonds. The molecule has 0 aliphatic heterocycles. The Bertz CT molecular complexity index is 872. The fourth-order valence-electron chi connectivity index (χ4n) is 2.25. The van der Waals surface area contributed by atoms with Crippen molar-refractivity contribution in [2.45, 2.75) is 10.9 Å². The van der Waals surface area contributed by atoms with E-state index < -0.39 is 6.10 Å². The number of aliphatic hydroxyl groups excluding tert-OH is 1. The van der Waals surface area contributed by atoms with Crippen LogP contribution < -0.4 is 0 Å². The molecule has 7 heteroatoms. The first-order chi connectivity index (χ1) is 11.0. The van der Waals surface area contributed by atoms with Gasteiger partial charge in [0.1, 0.15) is 18.0 Å². The maximum atomic E-state index is 10.2. The Morgan fingerprint density at radius 3 is 2.78 bits per heavy atom. The first kappa shape index (κ1) is 16.7. The standard InChI is InChI=1S/C16H10Br3N3O/c17-10-6-11(18)15(23)14(19)9(10)5-8(7-20)16-21-12-3-1-2-4-13(12)22-16/h1-6,11,15,23H,(H,21,22)/b8-5+/t11-,15+/m0/s1. The van der Waals surface area contributed by atoms with Crippen molar-refractivity contribution in [3.05, 3.63) is 56.8 Å². The molecule has 4 nitrogen and oxygen atoms in total. The van der Waals surface area contributed by atoms with Crippen LogP contribution in [-0.2, 0) is 0 Å². The van der Waals surface area contributed by atoms with Crippen LogP contribution in [-0.4, -0.2) is 26.0 Å². The van der Waals surface area contributed by atoms with E-state index in [1.807, 2.05) is 30.3 Å². The number of aromatic amines is 1. The van der Waals surface area contributed by atoms with Gasteiger partial charge in [-0.05, 0) is 18.2 Å². The van der Waals surface area contributed by atoms with Crippen LogP contribution in [0.3, 0.4) is 0 Å². The smallest absolute Gasteiger partial charge is 0.149 e. The van der Waals surface area contributed by atoms with Gasteiger partial charge in [0.05, 0.1) is 21.4 Å². The van der Waals surface area contributed by atoms with Crippen molar-refractivity contribution in [3.63, 3.8) is 0 Å². The number of hydrogen-bond acceptors (Lipinski definition) is 3. The minimum absolute atomic E-state index is 0.194. The lowest BCUT2D eigenvalue weighted by molar-refractivity contribution is 0.228. The number of aliphatic hydroxyl groups is 1. The van der Waals surface area contributed by atoms with Crippen molar-refractivity contribution in [2.75, 3.05) is 0 Å². The van der Waals surface area contributed by atoms with Crippen LogP contribution in [0.2, 0.25) is 0 Å². The van der Waals surface area contributed by atoms with E-state index in [0.29, 0.717) is 21.5 Å². The van der Waals surface area contributed by atoms with Crippen LogP contribution >= 0.6 is 47.8 Å². The summed E-state index contributed by atoms with van der Waals surface area (Å²) in [4.78, 5) is 7.39. The molecule has 0 saturated carbocycles. The zero-order valence-corrected chi connectivity index (χ0v) is 16.4. The third-order valence-electron chi connectivity index (χ3n) is 3.44. The topological polar surface area (TPSA) is 72.7 Å².